The van der Waals surface area contributed by atoms with Crippen LogP contribution in [0.3, 0.4) is 0 Å². The van der Waals surface area contributed by atoms with Crippen molar-refractivity contribution < 1.29 is 14.6 Å². The molecule has 1 heterocycles. The molecular weight excluding hydrogens is 282 g/mol. The predicted molar refractivity (Wildman–Crippen MR) is 84.3 cm³/mol. The number of carbonyl (C=O) groups is 1. The molecule has 0 saturated heterocycles. The fourth-order valence-electron chi connectivity index (χ4n) is 2.38. The van der Waals surface area contributed by atoms with E-state index in [1.807, 2.05) is 38.1 Å². The third-order valence-electron chi connectivity index (χ3n) is 3.37. The Morgan fingerprint density at radius 1 is 1.14 bits per heavy atom. The number of hydrogen-bond acceptors (Lipinski definition) is 3. The van der Waals surface area contributed by atoms with Gasteiger partial charge in [0.2, 0.25) is 0 Å². The Kier molecular flexibility index (Phi) is 4.99. The van der Waals surface area contributed by atoms with Gasteiger partial charge in [-0.1, -0.05) is 6.07 Å². The van der Waals surface area contributed by atoms with Gasteiger partial charge in [0, 0.05) is 12.1 Å². The summed E-state index contributed by atoms with van der Waals surface area (Å²) in [7, 11) is 0. The van der Waals surface area contributed by atoms with E-state index in [1.165, 1.54) is 0 Å². The van der Waals surface area contributed by atoms with Crippen LogP contribution >= 0.6 is 0 Å². The van der Waals surface area contributed by atoms with Gasteiger partial charge in [0.25, 0.3) is 5.56 Å². The summed E-state index contributed by atoms with van der Waals surface area (Å²) >= 11 is 0. The maximum absolute atomic E-state index is 12.4. The number of hydrogen-bond donors (Lipinski definition) is 1. The van der Waals surface area contributed by atoms with Crippen LogP contribution in [0.25, 0.3) is 11.3 Å². The highest BCUT2D eigenvalue weighted by Crippen LogP contribution is 2.22. The summed E-state index contributed by atoms with van der Waals surface area (Å²) in [6.07, 6.45) is -0.262. The standard InChI is InChI=1S/C17H19NO4/c1-3-18-15(10-7-13(17(18)21)11-16(19)20)12-5-8-14(9-6-12)22-4-2/h5-10H,3-4,11H2,1-2H3,(H,19,20). The third kappa shape index (κ3) is 3.36. The van der Waals surface area contributed by atoms with Crippen LogP contribution < -0.4 is 10.3 Å². The molecule has 0 saturated carbocycles. The van der Waals surface area contributed by atoms with Gasteiger partial charge in [-0.15, -0.1) is 0 Å². The highest BCUT2D eigenvalue weighted by Gasteiger charge is 2.11. The minimum atomic E-state index is -1.01. The Labute approximate surface area is 128 Å². The zero-order valence-electron chi connectivity index (χ0n) is 12.7. The summed E-state index contributed by atoms with van der Waals surface area (Å²) in [6, 6.07) is 10.9. The van der Waals surface area contributed by atoms with Crippen molar-refractivity contribution in [1.29, 1.82) is 0 Å². The highest BCUT2D eigenvalue weighted by molar-refractivity contribution is 5.70. The van der Waals surface area contributed by atoms with Gasteiger partial charge in [-0.2, -0.15) is 0 Å². The second-order valence-electron chi connectivity index (χ2n) is 4.82. The molecule has 2 rings (SSSR count). The average molecular weight is 301 g/mol. The molecular formula is C17H19NO4. The first kappa shape index (κ1) is 15.8. The maximum Gasteiger partial charge on any atom is 0.308 e. The van der Waals surface area contributed by atoms with Gasteiger partial charge < -0.3 is 14.4 Å². The number of aromatic nitrogens is 1. The molecule has 1 N–H and O–H groups in total. The van der Waals surface area contributed by atoms with E-state index in [0.717, 1.165) is 17.0 Å². The number of ether oxygens (including phenoxy) is 1. The fourth-order valence-corrected chi connectivity index (χ4v) is 2.38. The number of pyridine rings is 1. The lowest BCUT2D eigenvalue weighted by Gasteiger charge is -2.13. The van der Waals surface area contributed by atoms with E-state index >= 15 is 0 Å². The van der Waals surface area contributed by atoms with E-state index in [0.29, 0.717) is 18.7 Å². The van der Waals surface area contributed by atoms with Gasteiger partial charge in [-0.25, -0.2) is 0 Å². The molecule has 2 aromatic rings. The zero-order chi connectivity index (χ0) is 16.1. The molecule has 0 aliphatic heterocycles. The minimum absolute atomic E-state index is 0.253. The quantitative estimate of drug-likeness (QED) is 0.890. The van der Waals surface area contributed by atoms with Crippen molar-refractivity contribution in [1.82, 2.24) is 4.57 Å². The Bertz CT molecular complexity index is 716. The molecule has 5 heteroatoms. The number of nitrogens with zero attached hydrogens (tertiary/aromatic N) is 1. The Morgan fingerprint density at radius 3 is 2.36 bits per heavy atom. The van der Waals surface area contributed by atoms with Crippen LogP contribution in [0, 0.1) is 0 Å². The first-order chi connectivity index (χ1) is 10.6. The van der Waals surface area contributed by atoms with Crippen molar-refractivity contribution in [2.75, 3.05) is 6.61 Å². The first-order valence-electron chi connectivity index (χ1n) is 7.24. The molecule has 0 spiro atoms. The molecule has 116 valence electrons. The molecule has 5 nitrogen and oxygen atoms in total. The summed E-state index contributed by atoms with van der Waals surface area (Å²) < 4.78 is 7.00. The topological polar surface area (TPSA) is 68.5 Å². The number of benzene rings is 1. The van der Waals surface area contributed by atoms with Gasteiger partial charge in [0.15, 0.2) is 0 Å². The first-order valence-corrected chi connectivity index (χ1v) is 7.24. The Hall–Kier alpha value is -2.56. The molecule has 1 aromatic heterocycles. The monoisotopic (exact) mass is 301 g/mol. The molecule has 0 radical (unpaired) electrons. The van der Waals surface area contributed by atoms with Crippen molar-refractivity contribution in [2.45, 2.75) is 26.8 Å². The number of aliphatic carboxylic acids is 1. The van der Waals surface area contributed by atoms with Crippen molar-refractivity contribution in [2.24, 2.45) is 0 Å². The van der Waals surface area contributed by atoms with Crippen LogP contribution in [0.5, 0.6) is 5.75 Å². The van der Waals surface area contributed by atoms with E-state index in [4.69, 9.17) is 9.84 Å². The second-order valence-corrected chi connectivity index (χ2v) is 4.82. The maximum atomic E-state index is 12.4. The lowest BCUT2D eigenvalue weighted by molar-refractivity contribution is -0.136. The van der Waals surface area contributed by atoms with Crippen molar-refractivity contribution in [3.05, 3.63) is 52.3 Å². The van der Waals surface area contributed by atoms with Crippen LogP contribution in [-0.4, -0.2) is 22.2 Å². The van der Waals surface area contributed by atoms with Gasteiger partial charge in [0.1, 0.15) is 5.75 Å². The highest BCUT2D eigenvalue weighted by atomic mass is 16.5. The number of carboxylic acid groups (broad SMARTS) is 1. The number of carboxylic acids is 1. The van der Waals surface area contributed by atoms with Crippen LogP contribution in [0.4, 0.5) is 0 Å². The summed E-state index contributed by atoms with van der Waals surface area (Å²) in [4.78, 5) is 23.2. The van der Waals surface area contributed by atoms with Gasteiger partial charge in [-0.3, -0.25) is 9.59 Å². The van der Waals surface area contributed by atoms with Gasteiger partial charge in [-0.05, 0) is 49.7 Å². The van der Waals surface area contributed by atoms with E-state index in [1.54, 1.807) is 16.7 Å². The Morgan fingerprint density at radius 2 is 1.82 bits per heavy atom. The molecule has 0 unspecified atom stereocenters. The summed E-state index contributed by atoms with van der Waals surface area (Å²) in [5.74, 6) is -0.229. The molecule has 1 aromatic carbocycles. The van der Waals surface area contributed by atoms with E-state index in [-0.39, 0.29) is 12.0 Å². The Balaban J connectivity index is 2.44. The fraction of sp³-hybridized carbons (Fsp3) is 0.294. The largest absolute Gasteiger partial charge is 0.494 e. The smallest absolute Gasteiger partial charge is 0.308 e. The predicted octanol–water partition coefficient (Wildman–Crippen LogP) is 2.56. The van der Waals surface area contributed by atoms with Crippen LogP contribution in [-0.2, 0) is 17.8 Å². The molecule has 0 aliphatic carbocycles. The minimum Gasteiger partial charge on any atom is -0.494 e. The van der Waals surface area contributed by atoms with Crippen LogP contribution in [0.15, 0.2) is 41.2 Å². The molecule has 0 aliphatic rings. The summed E-state index contributed by atoms with van der Waals surface area (Å²) in [6.45, 7) is 4.87. The SMILES string of the molecule is CCOc1ccc(-c2ccc(CC(=O)O)c(=O)n2CC)cc1. The summed E-state index contributed by atoms with van der Waals surface area (Å²) in [5.41, 5.74) is 1.70. The lowest BCUT2D eigenvalue weighted by Crippen LogP contribution is -2.25. The van der Waals surface area contributed by atoms with Crippen molar-refractivity contribution >= 4 is 5.97 Å². The normalized spacial score (nSPS) is 10.5. The number of rotatable bonds is 6. The third-order valence-corrected chi connectivity index (χ3v) is 3.37. The van der Waals surface area contributed by atoms with E-state index in [2.05, 4.69) is 0 Å². The van der Waals surface area contributed by atoms with Crippen molar-refractivity contribution in [3.63, 3.8) is 0 Å². The van der Waals surface area contributed by atoms with Crippen LogP contribution in [0.1, 0.15) is 19.4 Å². The van der Waals surface area contributed by atoms with Gasteiger partial charge >= 0.3 is 5.97 Å². The van der Waals surface area contributed by atoms with Crippen LogP contribution in [0.2, 0.25) is 0 Å². The van der Waals surface area contributed by atoms with E-state index < -0.39 is 5.97 Å². The van der Waals surface area contributed by atoms with Gasteiger partial charge in [0.05, 0.1) is 18.7 Å². The lowest BCUT2D eigenvalue weighted by atomic mass is 10.1. The van der Waals surface area contributed by atoms with Crippen molar-refractivity contribution in [3.8, 4) is 17.0 Å². The molecule has 0 amide bonds. The average Bonchev–Trinajstić information content (AvgIpc) is 2.50. The zero-order valence-corrected chi connectivity index (χ0v) is 12.7. The molecule has 22 heavy (non-hydrogen) atoms. The molecule has 0 bridgehead atoms. The molecule has 0 fully saturated rings. The molecule has 0 atom stereocenters. The summed E-state index contributed by atoms with van der Waals surface area (Å²) in [5, 5.41) is 8.86. The second kappa shape index (κ2) is 6.93. The van der Waals surface area contributed by atoms with E-state index in [9.17, 15) is 9.59 Å².